The van der Waals surface area contributed by atoms with Gasteiger partial charge < -0.3 is 20.1 Å². The number of aromatic hydroxyl groups is 3. The lowest BCUT2D eigenvalue weighted by molar-refractivity contribution is -0.0979. The lowest BCUT2D eigenvalue weighted by Crippen LogP contribution is -2.10. The van der Waals surface area contributed by atoms with Gasteiger partial charge in [0, 0.05) is 0 Å². The molecule has 0 saturated carbocycles. The van der Waals surface area contributed by atoms with Gasteiger partial charge in [0.25, 0.3) is 0 Å². The molecule has 0 heterocycles. The molecule has 0 aromatic heterocycles. The predicted molar refractivity (Wildman–Crippen MR) is 83.7 cm³/mol. The minimum Gasteiger partial charge on any atom is -0.508 e. The number of rotatable bonds is 0. The van der Waals surface area contributed by atoms with E-state index < -0.39 is 0 Å². The summed E-state index contributed by atoms with van der Waals surface area (Å²) in [6, 6.07) is 13.1. The molecule has 0 aliphatic rings. The molecule has 2 aromatic rings. The van der Waals surface area contributed by atoms with Gasteiger partial charge in [0.1, 0.15) is 24.0 Å². The van der Waals surface area contributed by atoms with E-state index in [2.05, 4.69) is 20.8 Å². The van der Waals surface area contributed by atoms with Crippen LogP contribution in [0.1, 0.15) is 26.3 Å². The van der Waals surface area contributed by atoms with Crippen LogP contribution in [-0.4, -0.2) is 22.1 Å². The number of phenolic OH excluding ortho intramolecular Hbond substituents is 3. The maximum Gasteiger partial charge on any atom is 0.115 e. The molecule has 0 fully saturated rings. The zero-order valence-electron chi connectivity index (χ0n) is 12.6. The predicted octanol–water partition coefficient (Wildman–Crippen LogP) is 3.60. The Labute approximate surface area is 125 Å². The quantitative estimate of drug-likeness (QED) is 0.648. The summed E-state index contributed by atoms with van der Waals surface area (Å²) >= 11 is 0. The Morgan fingerprint density at radius 3 is 1.14 bits per heavy atom. The van der Waals surface area contributed by atoms with Crippen LogP contribution in [0.4, 0.5) is 0 Å². The number of benzene rings is 2. The van der Waals surface area contributed by atoms with E-state index in [0.29, 0.717) is 5.75 Å². The van der Waals surface area contributed by atoms with E-state index in [-0.39, 0.29) is 16.9 Å². The van der Waals surface area contributed by atoms with Gasteiger partial charge in [0.05, 0.1) is 0 Å². The second kappa shape index (κ2) is 8.64. The SMILES string of the molecule is C=O.CC(C)(C)c1ccc(O)cc1.Oc1ccc(O)cc1. The summed E-state index contributed by atoms with van der Waals surface area (Å²) in [7, 11) is 0. The van der Waals surface area contributed by atoms with Crippen molar-refractivity contribution in [1.29, 1.82) is 0 Å². The van der Waals surface area contributed by atoms with Crippen molar-refractivity contribution in [1.82, 2.24) is 0 Å². The topological polar surface area (TPSA) is 77.8 Å². The number of phenols is 3. The van der Waals surface area contributed by atoms with Crippen LogP contribution in [0.25, 0.3) is 0 Å². The Morgan fingerprint density at radius 2 is 0.905 bits per heavy atom. The summed E-state index contributed by atoms with van der Waals surface area (Å²) in [6.45, 7) is 8.46. The van der Waals surface area contributed by atoms with Crippen molar-refractivity contribution in [3.63, 3.8) is 0 Å². The van der Waals surface area contributed by atoms with E-state index in [1.807, 2.05) is 18.9 Å². The highest BCUT2D eigenvalue weighted by atomic mass is 16.3. The van der Waals surface area contributed by atoms with Crippen molar-refractivity contribution < 1.29 is 20.1 Å². The van der Waals surface area contributed by atoms with Crippen molar-refractivity contribution in [2.24, 2.45) is 0 Å². The van der Waals surface area contributed by atoms with E-state index >= 15 is 0 Å². The van der Waals surface area contributed by atoms with E-state index in [9.17, 15) is 0 Å². The summed E-state index contributed by atoms with van der Waals surface area (Å²) in [4.78, 5) is 8.00. The van der Waals surface area contributed by atoms with Crippen molar-refractivity contribution >= 4 is 6.79 Å². The molecule has 0 bridgehead atoms. The van der Waals surface area contributed by atoms with E-state index in [1.54, 1.807) is 12.1 Å². The number of carbonyl (C=O) groups excluding carboxylic acids is 1. The lowest BCUT2D eigenvalue weighted by atomic mass is 9.87. The lowest BCUT2D eigenvalue weighted by Gasteiger charge is -2.18. The maximum atomic E-state index is 9.02. The minimum atomic E-state index is 0.169. The van der Waals surface area contributed by atoms with Gasteiger partial charge in [0.15, 0.2) is 0 Å². The number of hydrogen-bond acceptors (Lipinski definition) is 4. The molecule has 4 heteroatoms. The van der Waals surface area contributed by atoms with Crippen LogP contribution in [0.15, 0.2) is 48.5 Å². The molecule has 2 aromatic carbocycles. The highest BCUT2D eigenvalue weighted by Gasteiger charge is 2.12. The molecule has 0 amide bonds. The molecule has 0 radical (unpaired) electrons. The first-order valence-electron chi connectivity index (χ1n) is 6.35. The molecule has 0 aliphatic carbocycles. The third kappa shape index (κ3) is 7.62. The molecule has 2 rings (SSSR count). The first-order chi connectivity index (χ1) is 9.79. The van der Waals surface area contributed by atoms with Crippen LogP contribution < -0.4 is 0 Å². The van der Waals surface area contributed by atoms with Gasteiger partial charge in [-0.3, -0.25) is 0 Å². The fourth-order valence-electron chi connectivity index (χ4n) is 1.41. The third-order valence-corrected chi connectivity index (χ3v) is 2.58. The van der Waals surface area contributed by atoms with Crippen molar-refractivity contribution in [2.75, 3.05) is 0 Å². The zero-order chi connectivity index (χ0) is 16.5. The Kier molecular flexibility index (Phi) is 7.61. The van der Waals surface area contributed by atoms with E-state index in [4.69, 9.17) is 20.1 Å². The summed E-state index contributed by atoms with van der Waals surface area (Å²) in [5.74, 6) is 0.670. The fourth-order valence-corrected chi connectivity index (χ4v) is 1.41. The molecular weight excluding hydrogens is 268 g/mol. The van der Waals surface area contributed by atoms with Crippen LogP contribution in [-0.2, 0) is 10.2 Å². The molecule has 4 nitrogen and oxygen atoms in total. The van der Waals surface area contributed by atoms with Crippen molar-refractivity contribution in [3.05, 3.63) is 54.1 Å². The standard InChI is InChI=1S/C10H14O.C6H6O2.CH2O/c1-10(2,3)8-4-6-9(11)7-5-8;7-5-1-2-6(8)4-3-5;1-2/h4-7,11H,1-3H3;1-4,7-8H;1H2. The van der Waals surface area contributed by atoms with Crippen LogP contribution in [0.5, 0.6) is 17.2 Å². The highest BCUT2D eigenvalue weighted by Crippen LogP contribution is 2.23. The maximum absolute atomic E-state index is 9.02. The summed E-state index contributed by atoms with van der Waals surface area (Å²) in [6.07, 6.45) is 0. The van der Waals surface area contributed by atoms with Gasteiger partial charge >= 0.3 is 0 Å². The molecule has 114 valence electrons. The zero-order valence-corrected chi connectivity index (χ0v) is 12.6. The first-order valence-corrected chi connectivity index (χ1v) is 6.35. The number of carbonyl (C=O) groups is 1. The molecular formula is C17H22O4. The highest BCUT2D eigenvalue weighted by molar-refractivity contribution is 5.30. The molecule has 3 N–H and O–H groups in total. The first kappa shape index (κ1) is 18.5. The molecule has 0 aliphatic heterocycles. The summed E-state index contributed by atoms with van der Waals surface area (Å²) in [5, 5.41) is 26.3. The van der Waals surface area contributed by atoms with Crippen LogP contribution in [0.2, 0.25) is 0 Å². The second-order valence-electron chi connectivity index (χ2n) is 5.31. The minimum absolute atomic E-state index is 0.169. The Bertz CT molecular complexity index is 489. The van der Waals surface area contributed by atoms with Crippen LogP contribution in [0, 0.1) is 0 Å². The Hall–Kier alpha value is -2.49. The monoisotopic (exact) mass is 290 g/mol. The molecule has 0 saturated heterocycles. The van der Waals surface area contributed by atoms with Gasteiger partial charge in [-0.25, -0.2) is 0 Å². The van der Waals surface area contributed by atoms with Gasteiger partial charge in [0.2, 0.25) is 0 Å². The van der Waals surface area contributed by atoms with Crippen molar-refractivity contribution in [2.45, 2.75) is 26.2 Å². The summed E-state index contributed by atoms with van der Waals surface area (Å²) < 4.78 is 0. The fraction of sp³-hybridized carbons (Fsp3) is 0.235. The second-order valence-corrected chi connectivity index (χ2v) is 5.31. The van der Waals surface area contributed by atoms with Gasteiger partial charge in [-0.2, -0.15) is 0 Å². The van der Waals surface area contributed by atoms with E-state index in [1.165, 1.54) is 29.8 Å². The van der Waals surface area contributed by atoms with E-state index in [0.717, 1.165) is 0 Å². The average molecular weight is 290 g/mol. The normalized spacial score (nSPS) is 9.67. The molecule has 0 atom stereocenters. The number of hydrogen-bond donors (Lipinski definition) is 3. The molecule has 21 heavy (non-hydrogen) atoms. The van der Waals surface area contributed by atoms with Crippen LogP contribution in [0.3, 0.4) is 0 Å². The molecule has 0 unspecified atom stereocenters. The summed E-state index contributed by atoms with van der Waals surface area (Å²) in [5.41, 5.74) is 1.42. The Balaban J connectivity index is 0.000000354. The molecule has 0 spiro atoms. The van der Waals surface area contributed by atoms with Crippen molar-refractivity contribution in [3.8, 4) is 17.2 Å². The van der Waals surface area contributed by atoms with Crippen LogP contribution >= 0.6 is 0 Å². The van der Waals surface area contributed by atoms with Gasteiger partial charge in [-0.05, 0) is 47.4 Å². The smallest absolute Gasteiger partial charge is 0.115 e. The Morgan fingerprint density at radius 1 is 0.667 bits per heavy atom. The van der Waals surface area contributed by atoms with Gasteiger partial charge in [-0.1, -0.05) is 32.9 Å². The average Bonchev–Trinajstić information content (AvgIpc) is 2.44. The van der Waals surface area contributed by atoms with Gasteiger partial charge in [-0.15, -0.1) is 0 Å². The third-order valence-electron chi connectivity index (χ3n) is 2.58. The largest absolute Gasteiger partial charge is 0.508 e.